The van der Waals surface area contributed by atoms with Gasteiger partial charge in [-0.25, -0.2) is 0 Å². The van der Waals surface area contributed by atoms with Crippen LogP contribution in [0.1, 0.15) is 48.9 Å². The SMILES string of the molecule is COc1ccc(C(=O)CCC(=O)N[C@@H]2CCN3CCCC[C@@H]23)cc1. The molecule has 0 aliphatic carbocycles. The van der Waals surface area contributed by atoms with Crippen LogP contribution < -0.4 is 10.1 Å². The lowest BCUT2D eigenvalue weighted by Crippen LogP contribution is -2.46. The van der Waals surface area contributed by atoms with Gasteiger partial charge in [0.2, 0.25) is 5.91 Å². The van der Waals surface area contributed by atoms with Gasteiger partial charge < -0.3 is 10.1 Å². The summed E-state index contributed by atoms with van der Waals surface area (Å²) in [5.74, 6) is 0.718. The van der Waals surface area contributed by atoms with Crippen LogP contribution in [-0.2, 0) is 4.79 Å². The summed E-state index contributed by atoms with van der Waals surface area (Å²) in [6, 6.07) is 7.78. The van der Waals surface area contributed by atoms with Gasteiger partial charge in [-0.3, -0.25) is 14.5 Å². The molecule has 130 valence electrons. The molecule has 2 aliphatic heterocycles. The van der Waals surface area contributed by atoms with E-state index < -0.39 is 0 Å². The van der Waals surface area contributed by atoms with Crippen molar-refractivity contribution < 1.29 is 14.3 Å². The van der Waals surface area contributed by atoms with E-state index in [0.29, 0.717) is 11.6 Å². The number of carbonyl (C=O) groups excluding carboxylic acids is 2. The first-order chi connectivity index (χ1) is 11.7. The highest BCUT2D eigenvalue weighted by atomic mass is 16.5. The van der Waals surface area contributed by atoms with Gasteiger partial charge in [0, 0.05) is 37.0 Å². The molecule has 0 unspecified atom stereocenters. The number of hydrogen-bond acceptors (Lipinski definition) is 4. The zero-order valence-corrected chi connectivity index (χ0v) is 14.3. The van der Waals surface area contributed by atoms with E-state index in [1.165, 1.54) is 19.3 Å². The minimum atomic E-state index is -0.00529. The minimum Gasteiger partial charge on any atom is -0.497 e. The second kappa shape index (κ2) is 7.79. The Morgan fingerprint density at radius 1 is 1.12 bits per heavy atom. The molecule has 0 saturated carbocycles. The molecule has 3 rings (SSSR count). The normalized spacial score (nSPS) is 23.5. The van der Waals surface area contributed by atoms with E-state index in [9.17, 15) is 9.59 Å². The molecule has 0 bridgehead atoms. The Kier molecular flexibility index (Phi) is 5.51. The number of piperidine rings is 1. The predicted molar refractivity (Wildman–Crippen MR) is 92.3 cm³/mol. The quantitative estimate of drug-likeness (QED) is 0.814. The molecular formula is C19H26N2O3. The van der Waals surface area contributed by atoms with Crippen LogP contribution in [0.25, 0.3) is 0 Å². The summed E-state index contributed by atoms with van der Waals surface area (Å²) < 4.78 is 5.09. The first-order valence-electron chi connectivity index (χ1n) is 8.88. The summed E-state index contributed by atoms with van der Waals surface area (Å²) in [6.45, 7) is 2.24. The fourth-order valence-corrected chi connectivity index (χ4v) is 3.84. The Morgan fingerprint density at radius 3 is 2.67 bits per heavy atom. The number of methoxy groups -OCH3 is 1. The highest BCUT2D eigenvalue weighted by Gasteiger charge is 2.36. The van der Waals surface area contributed by atoms with Crippen molar-refractivity contribution in [2.24, 2.45) is 0 Å². The summed E-state index contributed by atoms with van der Waals surface area (Å²) in [7, 11) is 1.59. The third-order valence-corrected chi connectivity index (χ3v) is 5.19. The predicted octanol–water partition coefficient (Wildman–Crippen LogP) is 2.40. The lowest BCUT2D eigenvalue weighted by atomic mass is 9.99. The number of carbonyl (C=O) groups is 2. The number of amides is 1. The number of nitrogens with zero attached hydrogens (tertiary/aromatic N) is 1. The van der Waals surface area contributed by atoms with E-state index in [2.05, 4.69) is 10.2 Å². The van der Waals surface area contributed by atoms with E-state index in [0.717, 1.165) is 25.3 Å². The van der Waals surface area contributed by atoms with Crippen molar-refractivity contribution in [3.63, 3.8) is 0 Å². The first kappa shape index (κ1) is 17.0. The molecule has 5 nitrogen and oxygen atoms in total. The fourth-order valence-electron chi connectivity index (χ4n) is 3.84. The molecule has 2 heterocycles. The summed E-state index contributed by atoms with van der Waals surface area (Å²) in [5, 5.41) is 3.15. The maximum absolute atomic E-state index is 12.2. The van der Waals surface area contributed by atoms with Crippen molar-refractivity contribution in [3.8, 4) is 5.75 Å². The van der Waals surface area contributed by atoms with Gasteiger partial charge >= 0.3 is 0 Å². The second-order valence-electron chi connectivity index (χ2n) is 6.71. The average molecular weight is 330 g/mol. The van der Waals surface area contributed by atoms with E-state index in [4.69, 9.17) is 4.74 Å². The lowest BCUT2D eigenvalue weighted by molar-refractivity contribution is -0.122. The molecule has 1 amide bonds. The van der Waals surface area contributed by atoms with Crippen LogP contribution in [0.3, 0.4) is 0 Å². The van der Waals surface area contributed by atoms with E-state index in [1.54, 1.807) is 31.4 Å². The maximum atomic E-state index is 12.2. The molecule has 24 heavy (non-hydrogen) atoms. The van der Waals surface area contributed by atoms with E-state index in [1.807, 2.05) is 0 Å². The van der Waals surface area contributed by atoms with Crippen LogP contribution in [-0.4, -0.2) is 48.9 Å². The van der Waals surface area contributed by atoms with Gasteiger partial charge in [-0.1, -0.05) is 6.42 Å². The average Bonchev–Trinajstić information content (AvgIpc) is 3.03. The molecule has 2 fully saturated rings. The number of rotatable bonds is 6. The molecule has 1 aromatic carbocycles. The fraction of sp³-hybridized carbons (Fsp3) is 0.579. The largest absolute Gasteiger partial charge is 0.497 e. The van der Waals surface area contributed by atoms with Gasteiger partial charge in [0.1, 0.15) is 5.75 Å². The monoisotopic (exact) mass is 330 g/mol. The molecule has 1 aromatic rings. The molecule has 0 radical (unpaired) electrons. The number of Topliss-reactive ketones (excluding diaryl/α,β-unsaturated/α-hetero) is 1. The summed E-state index contributed by atoms with van der Waals surface area (Å²) in [5.41, 5.74) is 0.628. The van der Waals surface area contributed by atoms with Gasteiger partial charge in [-0.05, 0) is 50.1 Å². The number of nitrogens with one attached hydrogen (secondary N) is 1. The smallest absolute Gasteiger partial charge is 0.220 e. The Hall–Kier alpha value is -1.88. The first-order valence-corrected chi connectivity index (χ1v) is 8.88. The number of ketones is 1. The summed E-state index contributed by atoms with van der Waals surface area (Å²) in [4.78, 5) is 26.9. The van der Waals surface area contributed by atoms with Crippen molar-refractivity contribution in [3.05, 3.63) is 29.8 Å². The van der Waals surface area contributed by atoms with Crippen molar-refractivity contribution in [1.29, 1.82) is 0 Å². The van der Waals surface area contributed by atoms with Gasteiger partial charge in [0.25, 0.3) is 0 Å². The molecule has 5 heteroatoms. The van der Waals surface area contributed by atoms with Crippen molar-refractivity contribution in [2.45, 2.75) is 50.6 Å². The standard InChI is InChI=1S/C19H26N2O3/c1-24-15-7-5-14(6-8-15)18(22)9-10-19(23)20-16-11-13-21-12-3-2-4-17(16)21/h5-8,16-17H,2-4,9-13H2,1H3,(H,20,23)/t16-,17+/m1/s1. The third kappa shape index (κ3) is 3.96. The highest BCUT2D eigenvalue weighted by Crippen LogP contribution is 2.27. The lowest BCUT2D eigenvalue weighted by Gasteiger charge is -2.32. The van der Waals surface area contributed by atoms with Crippen LogP contribution in [0, 0.1) is 0 Å². The number of ether oxygens (including phenoxy) is 1. The molecule has 2 saturated heterocycles. The van der Waals surface area contributed by atoms with E-state index >= 15 is 0 Å². The van der Waals surface area contributed by atoms with Gasteiger partial charge in [-0.15, -0.1) is 0 Å². The Labute approximate surface area is 143 Å². The molecular weight excluding hydrogens is 304 g/mol. The number of benzene rings is 1. The minimum absolute atomic E-state index is 0.00137. The van der Waals surface area contributed by atoms with Gasteiger partial charge in [-0.2, -0.15) is 0 Å². The van der Waals surface area contributed by atoms with Gasteiger partial charge in [0.15, 0.2) is 5.78 Å². The van der Waals surface area contributed by atoms with Crippen LogP contribution >= 0.6 is 0 Å². The Bertz CT molecular complexity index is 585. The molecule has 1 N–H and O–H groups in total. The van der Waals surface area contributed by atoms with Crippen LogP contribution in [0.4, 0.5) is 0 Å². The zero-order chi connectivity index (χ0) is 16.9. The highest BCUT2D eigenvalue weighted by molar-refractivity contribution is 5.98. The van der Waals surface area contributed by atoms with Crippen LogP contribution in [0.5, 0.6) is 5.75 Å². The van der Waals surface area contributed by atoms with Crippen LogP contribution in [0.2, 0.25) is 0 Å². The van der Waals surface area contributed by atoms with Gasteiger partial charge in [0.05, 0.1) is 7.11 Å². The topological polar surface area (TPSA) is 58.6 Å². The molecule has 0 spiro atoms. The third-order valence-electron chi connectivity index (χ3n) is 5.19. The summed E-state index contributed by atoms with van der Waals surface area (Å²) in [6.07, 6.45) is 5.24. The zero-order valence-electron chi connectivity index (χ0n) is 14.3. The number of fused-ring (bicyclic) bond motifs is 1. The molecule has 0 aromatic heterocycles. The second-order valence-corrected chi connectivity index (χ2v) is 6.71. The number of hydrogen-bond donors (Lipinski definition) is 1. The van der Waals surface area contributed by atoms with Crippen molar-refractivity contribution in [2.75, 3.05) is 20.2 Å². The Balaban J connectivity index is 1.45. The van der Waals surface area contributed by atoms with Crippen molar-refractivity contribution >= 4 is 11.7 Å². The Morgan fingerprint density at radius 2 is 1.92 bits per heavy atom. The van der Waals surface area contributed by atoms with E-state index in [-0.39, 0.29) is 30.6 Å². The maximum Gasteiger partial charge on any atom is 0.220 e. The van der Waals surface area contributed by atoms with Crippen LogP contribution in [0.15, 0.2) is 24.3 Å². The molecule has 2 aliphatic rings. The molecule has 2 atom stereocenters. The summed E-state index contributed by atoms with van der Waals surface area (Å²) >= 11 is 0. The van der Waals surface area contributed by atoms with Crippen molar-refractivity contribution in [1.82, 2.24) is 10.2 Å².